The number of benzene rings is 3. The number of methoxy groups -OCH3 is 1. The lowest BCUT2D eigenvalue weighted by Gasteiger charge is -2.26. The van der Waals surface area contributed by atoms with Crippen LogP contribution in [0.15, 0.2) is 71.6 Å². The Balaban J connectivity index is 1.92. The smallest absolute Gasteiger partial charge is 0.495 e. The molecule has 0 radical (unpaired) electrons. The number of sulfonamides is 1. The fourth-order valence-electron chi connectivity index (χ4n) is 3.07. The quantitative estimate of drug-likeness (QED) is 0.424. The third-order valence-corrected chi connectivity index (χ3v) is 6.69. The van der Waals surface area contributed by atoms with E-state index >= 15 is 0 Å². The minimum atomic E-state index is -4.86. The molecule has 0 aliphatic carbocycles. The third-order valence-electron chi connectivity index (χ3n) is 4.68. The van der Waals surface area contributed by atoms with Crippen LogP contribution in [0.1, 0.15) is 5.56 Å². The van der Waals surface area contributed by atoms with E-state index in [-0.39, 0.29) is 27.0 Å². The van der Waals surface area contributed by atoms with E-state index in [1.807, 2.05) is 0 Å². The van der Waals surface area contributed by atoms with Gasteiger partial charge in [0.2, 0.25) is 5.91 Å². The van der Waals surface area contributed by atoms with Crippen molar-refractivity contribution in [2.45, 2.75) is 18.2 Å². The van der Waals surface area contributed by atoms with Gasteiger partial charge in [-0.1, -0.05) is 29.3 Å². The van der Waals surface area contributed by atoms with E-state index in [0.29, 0.717) is 0 Å². The lowest BCUT2D eigenvalue weighted by Crippen LogP contribution is -2.38. The summed E-state index contributed by atoms with van der Waals surface area (Å²) in [4.78, 5) is 12.8. The van der Waals surface area contributed by atoms with Crippen molar-refractivity contribution in [3.8, 4) is 11.5 Å². The molecule has 12 heteroatoms. The zero-order valence-electron chi connectivity index (χ0n) is 18.5. The zero-order chi connectivity index (χ0) is 25.8. The van der Waals surface area contributed by atoms with Crippen LogP contribution in [0.25, 0.3) is 0 Å². The Morgan fingerprint density at radius 3 is 2.23 bits per heavy atom. The van der Waals surface area contributed by atoms with Crippen molar-refractivity contribution >= 4 is 38.9 Å². The fourth-order valence-corrected chi connectivity index (χ4v) is 4.66. The second-order valence-electron chi connectivity index (χ2n) is 7.26. The van der Waals surface area contributed by atoms with Gasteiger partial charge in [0.25, 0.3) is 10.0 Å². The van der Waals surface area contributed by atoms with Gasteiger partial charge in [0.1, 0.15) is 18.0 Å². The maximum atomic E-state index is 13.5. The normalized spacial score (nSPS) is 11.6. The first kappa shape index (κ1) is 26.2. The van der Waals surface area contributed by atoms with Gasteiger partial charge in [-0.3, -0.25) is 9.10 Å². The van der Waals surface area contributed by atoms with Crippen LogP contribution in [-0.4, -0.2) is 34.3 Å². The van der Waals surface area contributed by atoms with Gasteiger partial charge in [-0.2, -0.15) is 0 Å². The molecule has 7 nitrogen and oxygen atoms in total. The van der Waals surface area contributed by atoms with Crippen LogP contribution in [-0.2, 0) is 14.8 Å². The number of alkyl halides is 3. The fraction of sp³-hybridized carbons (Fsp3) is 0.174. The highest BCUT2D eigenvalue weighted by Crippen LogP contribution is 2.35. The minimum absolute atomic E-state index is 0.0321. The van der Waals surface area contributed by atoms with Crippen molar-refractivity contribution in [3.63, 3.8) is 0 Å². The standard InChI is InChI=1S/C23H20ClF3N2O5S/c1-15-3-10-19(11-4-15)35(31,32)29(20-13-16(24)5-12-21(20)33-2)14-22(30)28-17-6-8-18(9-7-17)34-23(25,26)27/h3-13H,14H2,1-2H3,(H,28,30). The molecule has 0 saturated carbocycles. The van der Waals surface area contributed by atoms with Crippen LogP contribution in [0, 0.1) is 6.92 Å². The zero-order valence-corrected chi connectivity index (χ0v) is 20.0. The molecule has 0 fully saturated rings. The number of anilines is 2. The number of aryl methyl sites for hydroxylation is 1. The van der Waals surface area contributed by atoms with Gasteiger partial charge >= 0.3 is 6.36 Å². The number of carbonyl (C=O) groups excluding carboxylic acids is 1. The van der Waals surface area contributed by atoms with Gasteiger partial charge in [0.05, 0.1) is 17.7 Å². The number of nitrogens with zero attached hydrogens (tertiary/aromatic N) is 1. The highest BCUT2D eigenvalue weighted by atomic mass is 35.5. The molecular formula is C23H20ClF3N2O5S. The van der Waals surface area contributed by atoms with Crippen LogP contribution in [0.2, 0.25) is 5.02 Å². The molecule has 0 aromatic heterocycles. The number of carbonyl (C=O) groups is 1. The Morgan fingerprint density at radius 2 is 1.66 bits per heavy atom. The Morgan fingerprint density at radius 1 is 1.03 bits per heavy atom. The summed E-state index contributed by atoms with van der Waals surface area (Å²) in [6.45, 7) is 1.13. The molecule has 0 atom stereocenters. The van der Waals surface area contributed by atoms with Gasteiger partial charge in [0, 0.05) is 10.7 Å². The number of nitrogens with one attached hydrogen (secondary N) is 1. The molecule has 35 heavy (non-hydrogen) atoms. The predicted molar refractivity (Wildman–Crippen MR) is 125 cm³/mol. The lowest BCUT2D eigenvalue weighted by molar-refractivity contribution is -0.274. The van der Waals surface area contributed by atoms with E-state index in [4.69, 9.17) is 16.3 Å². The van der Waals surface area contributed by atoms with Gasteiger partial charge in [-0.25, -0.2) is 8.42 Å². The first-order chi connectivity index (χ1) is 16.4. The van der Waals surface area contributed by atoms with Crippen LogP contribution < -0.4 is 19.1 Å². The Labute approximate surface area is 205 Å². The summed E-state index contributed by atoms with van der Waals surface area (Å²) in [6, 6.07) is 14.8. The van der Waals surface area contributed by atoms with Crippen molar-refractivity contribution in [2.24, 2.45) is 0 Å². The van der Waals surface area contributed by atoms with E-state index < -0.39 is 34.6 Å². The van der Waals surface area contributed by atoms with Crippen molar-refractivity contribution in [3.05, 3.63) is 77.3 Å². The van der Waals surface area contributed by atoms with E-state index in [9.17, 15) is 26.4 Å². The summed E-state index contributed by atoms with van der Waals surface area (Å²) < 4.78 is 74.0. The average molecular weight is 529 g/mol. The van der Waals surface area contributed by atoms with Gasteiger partial charge in [-0.15, -0.1) is 13.2 Å². The molecule has 1 amide bonds. The van der Waals surface area contributed by atoms with Crippen LogP contribution in [0.5, 0.6) is 11.5 Å². The van der Waals surface area contributed by atoms with Crippen molar-refractivity contribution in [1.29, 1.82) is 0 Å². The second-order valence-corrected chi connectivity index (χ2v) is 9.56. The molecule has 0 aliphatic rings. The van der Waals surface area contributed by atoms with Crippen LogP contribution >= 0.6 is 11.6 Å². The molecule has 3 rings (SSSR count). The Kier molecular flexibility index (Phi) is 7.81. The van der Waals surface area contributed by atoms with Crippen molar-refractivity contribution in [1.82, 2.24) is 0 Å². The summed E-state index contributed by atoms with van der Waals surface area (Å²) in [6.07, 6.45) is -4.86. The molecule has 0 unspecified atom stereocenters. The number of amides is 1. The molecule has 1 N–H and O–H groups in total. The first-order valence-electron chi connectivity index (χ1n) is 9.97. The van der Waals surface area contributed by atoms with E-state index in [1.165, 1.54) is 49.6 Å². The molecule has 0 spiro atoms. The third kappa shape index (κ3) is 6.80. The van der Waals surface area contributed by atoms with Gasteiger partial charge < -0.3 is 14.8 Å². The Hall–Kier alpha value is -3.44. The minimum Gasteiger partial charge on any atom is -0.495 e. The maximum Gasteiger partial charge on any atom is 0.573 e. The molecule has 3 aromatic carbocycles. The largest absolute Gasteiger partial charge is 0.573 e. The average Bonchev–Trinajstić information content (AvgIpc) is 2.78. The van der Waals surface area contributed by atoms with Crippen molar-refractivity contribution in [2.75, 3.05) is 23.3 Å². The maximum absolute atomic E-state index is 13.5. The highest BCUT2D eigenvalue weighted by Gasteiger charge is 2.31. The molecule has 0 aliphatic heterocycles. The van der Waals surface area contributed by atoms with Gasteiger partial charge in [-0.05, 0) is 61.5 Å². The van der Waals surface area contributed by atoms with Gasteiger partial charge in [0.15, 0.2) is 0 Å². The highest BCUT2D eigenvalue weighted by molar-refractivity contribution is 7.92. The monoisotopic (exact) mass is 528 g/mol. The molecule has 186 valence electrons. The SMILES string of the molecule is COc1ccc(Cl)cc1N(CC(=O)Nc1ccc(OC(F)(F)F)cc1)S(=O)(=O)c1ccc(C)cc1. The lowest BCUT2D eigenvalue weighted by atomic mass is 10.2. The van der Waals surface area contributed by atoms with E-state index in [1.54, 1.807) is 19.1 Å². The summed E-state index contributed by atoms with van der Waals surface area (Å²) >= 11 is 6.09. The number of halogens is 4. The number of hydrogen-bond acceptors (Lipinski definition) is 5. The number of hydrogen-bond donors (Lipinski definition) is 1. The molecule has 3 aromatic rings. The topological polar surface area (TPSA) is 84.9 Å². The number of ether oxygens (including phenoxy) is 2. The molecule has 0 bridgehead atoms. The van der Waals surface area contributed by atoms with Crippen LogP contribution in [0.3, 0.4) is 0 Å². The molecule has 0 saturated heterocycles. The second kappa shape index (κ2) is 10.4. The predicted octanol–water partition coefficient (Wildman–Crippen LogP) is 5.39. The first-order valence-corrected chi connectivity index (χ1v) is 11.8. The Bertz CT molecular complexity index is 1300. The van der Waals surface area contributed by atoms with E-state index in [2.05, 4.69) is 10.1 Å². The summed E-state index contributed by atoms with van der Waals surface area (Å²) in [5.41, 5.74) is 1.01. The summed E-state index contributed by atoms with van der Waals surface area (Å²) in [5, 5.41) is 2.67. The summed E-state index contributed by atoms with van der Waals surface area (Å²) in [7, 11) is -2.90. The van der Waals surface area contributed by atoms with Crippen LogP contribution in [0.4, 0.5) is 24.5 Å². The van der Waals surface area contributed by atoms with E-state index in [0.717, 1.165) is 22.0 Å². The summed E-state index contributed by atoms with van der Waals surface area (Å²) in [5.74, 6) is -1.07. The molecular weight excluding hydrogens is 509 g/mol. The molecule has 0 heterocycles. The van der Waals surface area contributed by atoms with Crippen molar-refractivity contribution < 1.29 is 35.9 Å². The number of rotatable bonds is 8.